The summed E-state index contributed by atoms with van der Waals surface area (Å²) in [6, 6.07) is 73.3. The number of hydrogen-bond acceptors (Lipinski definition) is 14. The standard InChI is InChI=1S/C90H68N4O14/c1-51(85(95)91(43-65-47-101-65)44-66-48-102-66)93-87(97)69-39-73(105-61-31-23-57(24-32-61)53-15-7-3-8-16-53)79-81-75(107-63-35-27-59(28-36-63)55-19-11-5-12-20-55)41-71-78-72(90(100)94(89(71)99)52(2)86(96)92(45-67-49-103-67)46-68-50-104-68)42-76(108-64-37-29-60(30-38-64)56-21-13-6-14-22-56)82(84(78)81)80-74(40-70(88(93)98)77(69)83(79)80)106-62-33-25-58(26-34-62)54-17-9-4-10-18-54/h3-42,51-52,65-68H,43-50H2,1-2H3. The Balaban J connectivity index is 0.909. The first-order valence-electron chi connectivity index (χ1n) is 36.3. The van der Waals surface area contributed by atoms with Gasteiger partial charge >= 0.3 is 0 Å². The molecule has 13 aromatic carbocycles. The van der Waals surface area contributed by atoms with Crippen LogP contribution in [0.15, 0.2) is 243 Å². The molecular weight excluding hydrogens is 1360 g/mol. The zero-order valence-electron chi connectivity index (χ0n) is 58.7. The van der Waals surface area contributed by atoms with Gasteiger partial charge < -0.3 is 47.7 Å². The van der Waals surface area contributed by atoms with Crippen molar-refractivity contribution in [2.75, 3.05) is 52.6 Å². The fraction of sp³-hybridized carbons (Fsp3) is 0.178. The second kappa shape index (κ2) is 26.8. The van der Waals surface area contributed by atoms with Crippen molar-refractivity contribution in [2.45, 2.75) is 50.3 Å². The molecule has 6 amide bonds. The third kappa shape index (κ3) is 12.2. The van der Waals surface area contributed by atoms with Crippen LogP contribution in [0.25, 0.3) is 87.6 Å². The van der Waals surface area contributed by atoms with Crippen LogP contribution in [-0.4, -0.2) is 144 Å². The van der Waals surface area contributed by atoms with Crippen LogP contribution in [0.2, 0.25) is 0 Å². The average Bonchev–Trinajstić information content (AvgIpc) is 1.43. The second-order valence-electron chi connectivity index (χ2n) is 28.3. The molecule has 6 aliphatic heterocycles. The van der Waals surface area contributed by atoms with Crippen LogP contribution in [-0.2, 0) is 28.5 Å². The van der Waals surface area contributed by atoms with Crippen molar-refractivity contribution in [3.05, 3.63) is 265 Å². The van der Waals surface area contributed by atoms with Crippen LogP contribution in [0.5, 0.6) is 46.0 Å². The highest BCUT2D eigenvalue weighted by molar-refractivity contribution is 6.45. The number of hydrogen-bond donors (Lipinski definition) is 0. The molecule has 108 heavy (non-hydrogen) atoms. The van der Waals surface area contributed by atoms with Gasteiger partial charge in [-0.05, 0) is 131 Å². The summed E-state index contributed by atoms with van der Waals surface area (Å²) in [4.78, 5) is 101. The van der Waals surface area contributed by atoms with Gasteiger partial charge in [-0.25, -0.2) is 0 Å². The lowest BCUT2D eigenvalue weighted by Gasteiger charge is -2.36. The number of carbonyl (C=O) groups is 6. The summed E-state index contributed by atoms with van der Waals surface area (Å²) in [5, 5.41) is 2.11. The number of amides is 6. The Morgan fingerprint density at radius 3 is 0.722 bits per heavy atom. The fourth-order valence-electron chi connectivity index (χ4n) is 15.4. The number of nitrogens with zero attached hydrogens (tertiary/aromatic N) is 4. The molecule has 0 saturated carbocycles. The normalized spacial score (nSPS) is 18.0. The maximum absolute atomic E-state index is 16.3. The Morgan fingerprint density at radius 1 is 0.315 bits per heavy atom. The predicted molar refractivity (Wildman–Crippen MR) is 408 cm³/mol. The van der Waals surface area contributed by atoms with Gasteiger partial charge in [-0.3, -0.25) is 38.6 Å². The van der Waals surface area contributed by atoms with Crippen LogP contribution in [0, 0.1) is 0 Å². The third-order valence-corrected chi connectivity index (χ3v) is 21.1. The molecule has 0 radical (unpaired) electrons. The molecule has 19 rings (SSSR count). The summed E-state index contributed by atoms with van der Waals surface area (Å²) in [6.07, 6.45) is -0.871. The smallest absolute Gasteiger partial charge is 0.262 e. The van der Waals surface area contributed by atoms with E-state index in [4.69, 9.17) is 37.9 Å². The van der Waals surface area contributed by atoms with E-state index in [1.54, 1.807) is 47.9 Å². The molecule has 4 fully saturated rings. The van der Waals surface area contributed by atoms with Crippen molar-refractivity contribution >= 4 is 78.5 Å². The molecule has 18 heteroatoms. The highest BCUT2D eigenvalue weighted by atomic mass is 16.6. The highest BCUT2D eigenvalue weighted by Gasteiger charge is 2.48. The molecule has 6 atom stereocenters. The molecule has 18 nitrogen and oxygen atoms in total. The molecule has 0 spiro atoms. The lowest BCUT2D eigenvalue weighted by molar-refractivity contribution is -0.136. The number of imide groups is 2. The lowest BCUT2D eigenvalue weighted by Crippen LogP contribution is -2.54. The van der Waals surface area contributed by atoms with Gasteiger partial charge in [0.1, 0.15) is 58.1 Å². The minimum absolute atomic E-state index is 0.0173. The predicted octanol–water partition coefficient (Wildman–Crippen LogP) is 16.8. The lowest BCUT2D eigenvalue weighted by atomic mass is 9.80. The van der Waals surface area contributed by atoms with E-state index in [1.807, 2.05) is 218 Å². The van der Waals surface area contributed by atoms with E-state index in [0.29, 0.717) is 49.4 Å². The number of ether oxygens (including phenoxy) is 8. The summed E-state index contributed by atoms with van der Waals surface area (Å²) in [6.45, 7) is 5.87. The van der Waals surface area contributed by atoms with E-state index in [1.165, 1.54) is 0 Å². The second-order valence-corrected chi connectivity index (χ2v) is 28.3. The molecule has 13 aromatic rings. The highest BCUT2D eigenvalue weighted by Crippen LogP contribution is 2.58. The summed E-state index contributed by atoms with van der Waals surface area (Å²) in [5.74, 6) is -2.35. The van der Waals surface area contributed by atoms with E-state index in [2.05, 4.69) is 0 Å². The van der Waals surface area contributed by atoms with Crippen LogP contribution in [0.3, 0.4) is 0 Å². The van der Waals surface area contributed by atoms with Gasteiger partial charge in [0.05, 0.1) is 73.1 Å². The third-order valence-electron chi connectivity index (χ3n) is 21.1. The van der Waals surface area contributed by atoms with Crippen molar-refractivity contribution in [2.24, 2.45) is 0 Å². The molecule has 0 bridgehead atoms. The Morgan fingerprint density at radius 2 is 0.519 bits per heavy atom. The summed E-state index contributed by atoms with van der Waals surface area (Å²) in [5.41, 5.74) is 7.49. The summed E-state index contributed by atoms with van der Waals surface area (Å²) < 4.78 is 52.0. The molecule has 0 aromatic heterocycles. The molecular formula is C90H68N4O14. The monoisotopic (exact) mass is 1430 g/mol. The van der Waals surface area contributed by atoms with Crippen molar-refractivity contribution in [3.63, 3.8) is 0 Å². The zero-order valence-corrected chi connectivity index (χ0v) is 58.7. The summed E-state index contributed by atoms with van der Waals surface area (Å²) in [7, 11) is 0. The fourth-order valence-corrected chi connectivity index (χ4v) is 15.4. The van der Waals surface area contributed by atoms with Gasteiger partial charge in [0.25, 0.3) is 23.6 Å². The largest absolute Gasteiger partial charge is 0.457 e. The van der Waals surface area contributed by atoms with Crippen molar-refractivity contribution in [1.82, 2.24) is 19.6 Å². The number of benzene rings is 13. The van der Waals surface area contributed by atoms with Gasteiger partial charge in [0.2, 0.25) is 11.8 Å². The van der Waals surface area contributed by atoms with Crippen LogP contribution in [0.4, 0.5) is 0 Å². The van der Waals surface area contributed by atoms with Gasteiger partial charge in [-0.15, -0.1) is 0 Å². The van der Waals surface area contributed by atoms with Gasteiger partial charge in [-0.2, -0.15) is 0 Å². The molecule has 6 aliphatic rings. The minimum Gasteiger partial charge on any atom is -0.457 e. The van der Waals surface area contributed by atoms with E-state index < -0.39 is 47.5 Å². The average molecular weight is 1430 g/mol. The Hall–Kier alpha value is -12.6. The number of rotatable bonds is 24. The van der Waals surface area contributed by atoms with Crippen LogP contribution < -0.4 is 18.9 Å². The van der Waals surface area contributed by atoms with Crippen LogP contribution >= 0.6 is 0 Å². The first-order chi connectivity index (χ1) is 52.8. The zero-order chi connectivity index (χ0) is 73.0. The van der Waals surface area contributed by atoms with E-state index in [0.717, 1.165) is 54.3 Å². The van der Waals surface area contributed by atoms with Crippen LogP contribution in [0.1, 0.15) is 55.3 Å². The Kier molecular flexibility index (Phi) is 16.4. The van der Waals surface area contributed by atoms with Crippen molar-refractivity contribution in [1.29, 1.82) is 0 Å². The van der Waals surface area contributed by atoms with E-state index >= 15 is 28.8 Å². The Bertz CT molecular complexity index is 5090. The van der Waals surface area contributed by atoms with E-state index in [-0.39, 0.29) is 139 Å². The molecule has 0 N–H and O–H groups in total. The summed E-state index contributed by atoms with van der Waals surface area (Å²) >= 11 is 0. The van der Waals surface area contributed by atoms with Crippen molar-refractivity contribution < 1.29 is 66.7 Å². The molecule has 0 aliphatic carbocycles. The SMILES string of the molecule is CC(C(=O)N(CC1CO1)CC1CO1)N1C(=O)c2cc(Oc3ccc(-c4ccccc4)cc3)c3c4c(Oc5ccc(-c6ccccc6)cc5)cc5c6c(cc(Oc7ccc(-c8ccccc8)cc7)c(c7c(Oc8ccc(-c9ccccc9)cc8)cc(c2c37)C1=O)c64)C(=O)N(C(C)C(=O)N(CC1CO1)CC1CO1)C5=O. The van der Waals surface area contributed by atoms with E-state index in [9.17, 15) is 0 Å². The topological polar surface area (TPSA) is 202 Å². The van der Waals surface area contributed by atoms with Crippen molar-refractivity contribution in [3.8, 4) is 90.5 Å². The maximum Gasteiger partial charge on any atom is 0.262 e. The quantitative estimate of drug-likeness (QED) is 0.0239. The first-order valence-corrected chi connectivity index (χ1v) is 36.3. The Labute approximate surface area is 620 Å². The molecule has 6 heterocycles. The number of epoxide rings is 4. The molecule has 6 unspecified atom stereocenters. The van der Waals surface area contributed by atoms with Gasteiger partial charge in [0, 0.05) is 69.3 Å². The van der Waals surface area contributed by atoms with Gasteiger partial charge in [0.15, 0.2) is 0 Å². The van der Waals surface area contributed by atoms with Gasteiger partial charge in [-0.1, -0.05) is 170 Å². The molecule has 532 valence electrons. The molecule has 4 saturated heterocycles. The number of fused-ring (bicyclic) bond motifs is 2. The first kappa shape index (κ1) is 66.1. The number of carbonyl (C=O) groups excluding carboxylic acids is 6. The maximum atomic E-state index is 16.3. The minimum atomic E-state index is -1.35.